The molecule has 0 atom stereocenters. The second-order valence-electron chi connectivity index (χ2n) is 5.34. The minimum absolute atomic E-state index is 0.0236. The van der Waals surface area contributed by atoms with Crippen LogP contribution in [-0.2, 0) is 23.8 Å². The van der Waals surface area contributed by atoms with E-state index in [4.69, 9.17) is 10.5 Å². The van der Waals surface area contributed by atoms with Gasteiger partial charge in [0.2, 0.25) is 5.91 Å². The van der Waals surface area contributed by atoms with Crippen LogP contribution in [0.3, 0.4) is 0 Å². The van der Waals surface area contributed by atoms with Crippen molar-refractivity contribution in [1.29, 1.82) is 0 Å². The number of halogens is 3. The Bertz CT molecular complexity index is 840. The molecule has 1 heterocycles. The summed E-state index contributed by atoms with van der Waals surface area (Å²) >= 11 is -0.462. The minimum atomic E-state index is -4.62. The van der Waals surface area contributed by atoms with Crippen molar-refractivity contribution >= 4 is 35.3 Å². The lowest BCUT2D eigenvalue weighted by Gasteiger charge is -2.31. The SMILES string of the molecule is COC(=O)C1=C(C(=O)OC)N(c2cc(SC(F)(F)F)cc(C(N)=O)c2)COC1. The van der Waals surface area contributed by atoms with E-state index in [0.717, 1.165) is 31.3 Å². The van der Waals surface area contributed by atoms with Gasteiger partial charge in [-0.3, -0.25) is 4.79 Å². The molecule has 0 bridgehead atoms. The zero-order valence-corrected chi connectivity index (χ0v) is 15.5. The first-order valence-electron chi connectivity index (χ1n) is 7.53. The molecule has 0 aromatic heterocycles. The zero-order chi connectivity index (χ0) is 21.1. The normalized spacial score (nSPS) is 14.7. The molecule has 152 valence electrons. The van der Waals surface area contributed by atoms with Crippen LogP contribution in [-0.4, -0.2) is 50.9 Å². The predicted molar refractivity (Wildman–Crippen MR) is 91.2 cm³/mol. The maximum absolute atomic E-state index is 12.8. The number of carbonyl (C=O) groups excluding carboxylic acids is 3. The van der Waals surface area contributed by atoms with Gasteiger partial charge in [-0.2, -0.15) is 13.2 Å². The highest BCUT2D eigenvalue weighted by molar-refractivity contribution is 8.00. The second-order valence-corrected chi connectivity index (χ2v) is 6.48. The molecule has 0 spiro atoms. The molecule has 1 aliphatic heterocycles. The van der Waals surface area contributed by atoms with Crippen molar-refractivity contribution in [2.75, 3.05) is 32.5 Å². The molecule has 1 aromatic rings. The predicted octanol–water partition coefficient (Wildman–Crippen LogP) is 1.79. The van der Waals surface area contributed by atoms with Crippen molar-refractivity contribution in [2.24, 2.45) is 5.73 Å². The number of primary amides is 1. The Morgan fingerprint density at radius 3 is 2.32 bits per heavy atom. The van der Waals surface area contributed by atoms with E-state index in [-0.39, 0.29) is 40.8 Å². The molecule has 12 heteroatoms. The number of carbonyl (C=O) groups is 3. The van der Waals surface area contributed by atoms with Crippen LogP contribution in [0.15, 0.2) is 34.4 Å². The van der Waals surface area contributed by atoms with Crippen molar-refractivity contribution < 1.29 is 41.8 Å². The molecule has 0 saturated carbocycles. The lowest BCUT2D eigenvalue weighted by atomic mass is 10.1. The molecular formula is C16H15F3N2O6S. The quantitative estimate of drug-likeness (QED) is 0.568. The standard InChI is InChI=1S/C16H15F3N2O6S/c1-25-14(23)11-6-27-7-21(12(11)15(24)26-2)9-3-8(13(20)22)4-10(5-9)28-16(17,18)19/h3-5H,6-7H2,1-2H3,(H2,20,22). The van der Waals surface area contributed by atoms with Crippen LogP contribution >= 0.6 is 11.8 Å². The number of amides is 1. The van der Waals surface area contributed by atoms with Crippen LogP contribution in [0.25, 0.3) is 0 Å². The number of ether oxygens (including phenoxy) is 3. The van der Waals surface area contributed by atoms with E-state index in [1.54, 1.807) is 0 Å². The third-order valence-corrected chi connectivity index (χ3v) is 4.26. The van der Waals surface area contributed by atoms with Gasteiger partial charge in [-0.05, 0) is 30.0 Å². The first kappa shape index (κ1) is 21.6. The first-order valence-corrected chi connectivity index (χ1v) is 8.34. The number of nitrogens with zero attached hydrogens (tertiary/aromatic N) is 1. The highest BCUT2D eigenvalue weighted by Gasteiger charge is 2.34. The smallest absolute Gasteiger partial charge is 0.446 e. The fourth-order valence-corrected chi connectivity index (χ4v) is 3.05. The van der Waals surface area contributed by atoms with Gasteiger partial charge in [0.05, 0.1) is 26.4 Å². The number of methoxy groups -OCH3 is 2. The monoisotopic (exact) mass is 420 g/mol. The van der Waals surface area contributed by atoms with E-state index in [1.165, 1.54) is 6.07 Å². The molecule has 1 amide bonds. The van der Waals surface area contributed by atoms with Gasteiger partial charge < -0.3 is 24.8 Å². The molecule has 1 aromatic carbocycles. The lowest BCUT2D eigenvalue weighted by molar-refractivity contribution is -0.140. The summed E-state index contributed by atoms with van der Waals surface area (Å²) in [5.41, 5.74) is -0.120. The van der Waals surface area contributed by atoms with E-state index in [9.17, 15) is 27.6 Å². The number of rotatable bonds is 5. The number of esters is 2. The average molecular weight is 420 g/mol. The molecule has 8 nitrogen and oxygen atoms in total. The Kier molecular flexibility index (Phi) is 6.56. The van der Waals surface area contributed by atoms with Crippen LogP contribution in [0.4, 0.5) is 18.9 Å². The largest absolute Gasteiger partial charge is 0.466 e. The van der Waals surface area contributed by atoms with Gasteiger partial charge in [-0.1, -0.05) is 0 Å². The Morgan fingerprint density at radius 1 is 1.14 bits per heavy atom. The van der Waals surface area contributed by atoms with Gasteiger partial charge in [0, 0.05) is 16.1 Å². The van der Waals surface area contributed by atoms with E-state index < -0.39 is 35.1 Å². The zero-order valence-electron chi connectivity index (χ0n) is 14.7. The summed E-state index contributed by atoms with van der Waals surface area (Å²) in [5.74, 6) is -2.78. The Balaban J connectivity index is 2.64. The van der Waals surface area contributed by atoms with E-state index in [2.05, 4.69) is 9.47 Å². The van der Waals surface area contributed by atoms with Crippen molar-refractivity contribution in [1.82, 2.24) is 0 Å². The van der Waals surface area contributed by atoms with E-state index >= 15 is 0 Å². The molecule has 0 unspecified atom stereocenters. The number of benzene rings is 1. The molecule has 2 N–H and O–H groups in total. The molecule has 28 heavy (non-hydrogen) atoms. The van der Waals surface area contributed by atoms with Crippen LogP contribution < -0.4 is 10.6 Å². The van der Waals surface area contributed by atoms with Gasteiger partial charge in [-0.25, -0.2) is 9.59 Å². The summed E-state index contributed by atoms with van der Waals surface area (Å²) in [4.78, 5) is 36.5. The summed E-state index contributed by atoms with van der Waals surface area (Å²) in [7, 11) is 2.16. The molecule has 0 fully saturated rings. The number of hydrogen-bond donors (Lipinski definition) is 1. The van der Waals surface area contributed by atoms with Crippen LogP contribution in [0.1, 0.15) is 10.4 Å². The number of hydrogen-bond acceptors (Lipinski definition) is 8. The summed E-state index contributed by atoms with van der Waals surface area (Å²) < 4.78 is 52.9. The fraction of sp³-hybridized carbons (Fsp3) is 0.312. The topological polar surface area (TPSA) is 108 Å². The van der Waals surface area contributed by atoms with Gasteiger partial charge in [0.1, 0.15) is 12.4 Å². The lowest BCUT2D eigenvalue weighted by Crippen LogP contribution is -2.39. The minimum Gasteiger partial charge on any atom is -0.466 e. The average Bonchev–Trinajstić information content (AvgIpc) is 2.64. The number of alkyl halides is 3. The fourth-order valence-electron chi connectivity index (χ4n) is 2.42. The summed E-state index contributed by atoms with van der Waals surface area (Å²) in [5, 5.41) is 0. The highest BCUT2D eigenvalue weighted by atomic mass is 32.2. The van der Waals surface area contributed by atoms with E-state index in [0.29, 0.717) is 0 Å². The highest BCUT2D eigenvalue weighted by Crippen LogP contribution is 2.39. The van der Waals surface area contributed by atoms with Gasteiger partial charge in [-0.15, -0.1) is 0 Å². The first-order chi connectivity index (χ1) is 13.1. The Morgan fingerprint density at radius 2 is 1.79 bits per heavy atom. The number of thioether (sulfide) groups is 1. The third-order valence-electron chi connectivity index (χ3n) is 3.55. The summed E-state index contributed by atoms with van der Waals surface area (Å²) in [6, 6.07) is 3.23. The van der Waals surface area contributed by atoms with Crippen molar-refractivity contribution in [3.63, 3.8) is 0 Å². The maximum atomic E-state index is 12.8. The van der Waals surface area contributed by atoms with Crippen molar-refractivity contribution in [2.45, 2.75) is 10.4 Å². The molecule has 1 aliphatic rings. The van der Waals surface area contributed by atoms with Crippen molar-refractivity contribution in [3.05, 3.63) is 35.0 Å². The van der Waals surface area contributed by atoms with Gasteiger partial charge in [0.25, 0.3) is 0 Å². The number of nitrogens with two attached hydrogens (primary N) is 1. The van der Waals surface area contributed by atoms with Gasteiger partial charge >= 0.3 is 17.4 Å². The molecule has 0 aliphatic carbocycles. The Labute approximate surface area is 161 Å². The number of anilines is 1. The van der Waals surface area contributed by atoms with Crippen LogP contribution in [0.5, 0.6) is 0 Å². The van der Waals surface area contributed by atoms with Crippen molar-refractivity contribution in [3.8, 4) is 0 Å². The van der Waals surface area contributed by atoms with E-state index in [1.807, 2.05) is 0 Å². The Hall–Kier alpha value is -2.73. The molecular weight excluding hydrogens is 405 g/mol. The molecule has 0 radical (unpaired) electrons. The second kappa shape index (κ2) is 8.52. The molecule has 2 rings (SSSR count). The van der Waals surface area contributed by atoms with Gasteiger partial charge in [0.15, 0.2) is 0 Å². The summed E-state index contributed by atoms with van der Waals surface area (Å²) in [6.45, 7) is -0.559. The third kappa shape index (κ3) is 4.95. The summed E-state index contributed by atoms with van der Waals surface area (Å²) in [6.07, 6.45) is 0. The maximum Gasteiger partial charge on any atom is 0.446 e. The molecule has 0 saturated heterocycles. The van der Waals surface area contributed by atoms with Crippen LogP contribution in [0.2, 0.25) is 0 Å². The van der Waals surface area contributed by atoms with Crippen LogP contribution in [0, 0.1) is 0 Å².